The predicted molar refractivity (Wildman–Crippen MR) is 111 cm³/mol. The van der Waals surface area contributed by atoms with E-state index in [1.165, 1.54) is 0 Å². The molecule has 1 aromatic carbocycles. The summed E-state index contributed by atoms with van der Waals surface area (Å²) in [7, 11) is 0. The highest BCUT2D eigenvalue weighted by molar-refractivity contribution is 5.96. The number of carbonyl (C=O) groups is 1. The first-order valence-corrected chi connectivity index (χ1v) is 9.69. The van der Waals surface area contributed by atoms with Crippen molar-refractivity contribution in [2.45, 2.75) is 32.6 Å². The number of carbonyl (C=O) groups excluding carboxylic acids is 1. The van der Waals surface area contributed by atoms with Gasteiger partial charge in [-0.3, -0.25) is 9.78 Å². The number of hydrogen-bond donors (Lipinski definition) is 1. The number of rotatable bonds is 6. The molecule has 0 radical (unpaired) electrons. The number of benzene rings is 1. The molecule has 1 fully saturated rings. The van der Waals surface area contributed by atoms with Crippen LogP contribution in [0.2, 0.25) is 0 Å². The lowest BCUT2D eigenvalue weighted by molar-refractivity contribution is -0.117. The van der Waals surface area contributed by atoms with Crippen molar-refractivity contribution in [2.75, 3.05) is 11.9 Å². The first-order valence-electron chi connectivity index (χ1n) is 9.69. The molecule has 29 heavy (non-hydrogen) atoms. The highest BCUT2D eigenvalue weighted by Gasteiger charge is 2.60. The van der Waals surface area contributed by atoms with Crippen molar-refractivity contribution >= 4 is 11.6 Å². The Bertz CT molecular complexity index is 1040. The van der Waals surface area contributed by atoms with Gasteiger partial charge in [-0.1, -0.05) is 29.8 Å². The molecule has 2 atom stereocenters. The minimum absolute atomic E-state index is 0.0139. The van der Waals surface area contributed by atoms with E-state index in [0.29, 0.717) is 23.9 Å². The number of aryl methyl sites for hydroxylation is 3. The number of amides is 1. The Kier molecular flexibility index (Phi) is 5.01. The Morgan fingerprint density at radius 3 is 2.79 bits per heavy atom. The molecule has 1 N–H and O–H groups in total. The molecule has 2 heterocycles. The molecule has 4 rings (SSSR count). The zero-order valence-corrected chi connectivity index (χ0v) is 16.8. The molecule has 1 aliphatic carbocycles. The molecule has 1 aliphatic rings. The maximum absolute atomic E-state index is 13.0. The largest absolute Gasteiger partial charge is 0.489 e. The van der Waals surface area contributed by atoms with Crippen molar-refractivity contribution in [2.24, 2.45) is 5.92 Å². The standard InChI is InChI=1S/C23H24N4O2/c1-15-6-4-7-18(10-15)23(14-29-21-13-25-17(3)26-16(21)2)11-20(23)22(28)27-19-8-5-9-24-12-19/h4-10,12-13,20H,11,14H2,1-3H3,(H,27,28). The van der Waals surface area contributed by atoms with Crippen molar-refractivity contribution in [1.82, 2.24) is 15.0 Å². The lowest BCUT2D eigenvalue weighted by Gasteiger charge is -2.20. The second kappa shape index (κ2) is 7.62. The Labute approximate surface area is 170 Å². The molecule has 0 spiro atoms. The SMILES string of the molecule is Cc1cccc(C2(COc3cnc(C)nc3C)CC2C(=O)Nc2cccnc2)c1. The molecular weight excluding hydrogens is 364 g/mol. The van der Waals surface area contributed by atoms with Gasteiger partial charge in [-0.25, -0.2) is 9.97 Å². The van der Waals surface area contributed by atoms with Gasteiger partial charge < -0.3 is 10.1 Å². The van der Waals surface area contributed by atoms with Crippen LogP contribution in [0.5, 0.6) is 5.75 Å². The molecular formula is C23H24N4O2. The van der Waals surface area contributed by atoms with Gasteiger partial charge in [0.15, 0.2) is 5.75 Å². The van der Waals surface area contributed by atoms with Crippen LogP contribution < -0.4 is 10.1 Å². The van der Waals surface area contributed by atoms with Crippen molar-refractivity contribution in [1.29, 1.82) is 0 Å². The first kappa shape index (κ1) is 19.1. The van der Waals surface area contributed by atoms with E-state index in [2.05, 4.69) is 45.4 Å². The molecule has 6 nitrogen and oxygen atoms in total. The predicted octanol–water partition coefficient (Wildman–Crippen LogP) is 3.77. The van der Waals surface area contributed by atoms with E-state index in [-0.39, 0.29) is 17.2 Å². The zero-order chi connectivity index (χ0) is 20.4. The van der Waals surface area contributed by atoms with Gasteiger partial charge in [-0.15, -0.1) is 0 Å². The van der Waals surface area contributed by atoms with Crippen molar-refractivity contribution in [3.8, 4) is 5.75 Å². The number of pyridine rings is 1. The highest BCUT2D eigenvalue weighted by atomic mass is 16.5. The first-order chi connectivity index (χ1) is 14.0. The van der Waals surface area contributed by atoms with Crippen LogP contribution in [0.1, 0.15) is 29.1 Å². The smallest absolute Gasteiger partial charge is 0.228 e. The normalized spacial score (nSPS) is 20.2. The summed E-state index contributed by atoms with van der Waals surface area (Å²) in [5.41, 5.74) is 3.42. The number of ether oxygens (including phenoxy) is 1. The monoisotopic (exact) mass is 388 g/mol. The van der Waals surface area contributed by atoms with Crippen LogP contribution in [0.25, 0.3) is 0 Å². The van der Waals surface area contributed by atoms with Crippen molar-refractivity contribution in [3.05, 3.63) is 77.6 Å². The third-order valence-corrected chi connectivity index (χ3v) is 5.45. The summed E-state index contributed by atoms with van der Waals surface area (Å²) in [6, 6.07) is 11.9. The molecule has 1 saturated carbocycles. The summed E-state index contributed by atoms with van der Waals surface area (Å²) in [5.74, 6) is 1.18. The van der Waals surface area contributed by atoms with Crippen LogP contribution in [-0.2, 0) is 10.2 Å². The fourth-order valence-corrected chi connectivity index (χ4v) is 3.75. The molecule has 148 valence electrons. The third kappa shape index (κ3) is 3.97. The van der Waals surface area contributed by atoms with E-state index in [1.807, 2.05) is 26.0 Å². The number of anilines is 1. The van der Waals surface area contributed by atoms with Gasteiger partial charge in [0, 0.05) is 11.6 Å². The van der Waals surface area contributed by atoms with E-state index < -0.39 is 0 Å². The molecule has 3 aromatic rings. The lowest BCUT2D eigenvalue weighted by Crippen LogP contribution is -2.27. The fraction of sp³-hybridized carbons (Fsp3) is 0.304. The van der Waals surface area contributed by atoms with Gasteiger partial charge in [0.2, 0.25) is 5.91 Å². The summed E-state index contributed by atoms with van der Waals surface area (Å²) >= 11 is 0. The van der Waals surface area contributed by atoms with Crippen molar-refractivity contribution in [3.63, 3.8) is 0 Å². The molecule has 2 unspecified atom stereocenters. The summed E-state index contributed by atoms with van der Waals surface area (Å²) in [6.07, 6.45) is 5.77. The molecule has 1 amide bonds. The molecule has 6 heteroatoms. The maximum atomic E-state index is 13.0. The summed E-state index contributed by atoms with van der Waals surface area (Å²) in [6.45, 7) is 6.21. The third-order valence-electron chi connectivity index (χ3n) is 5.45. The van der Waals surface area contributed by atoms with Crippen LogP contribution >= 0.6 is 0 Å². The minimum atomic E-state index is -0.365. The average molecular weight is 388 g/mol. The van der Waals surface area contributed by atoms with Crippen LogP contribution in [0.15, 0.2) is 55.0 Å². The average Bonchev–Trinajstić information content (AvgIpc) is 3.44. The van der Waals surface area contributed by atoms with E-state index in [9.17, 15) is 4.79 Å². The second-order valence-corrected chi connectivity index (χ2v) is 7.67. The Hall–Kier alpha value is -3.28. The second-order valence-electron chi connectivity index (χ2n) is 7.67. The Morgan fingerprint density at radius 2 is 2.07 bits per heavy atom. The fourth-order valence-electron chi connectivity index (χ4n) is 3.75. The number of nitrogens with one attached hydrogen (secondary N) is 1. The molecule has 2 aromatic heterocycles. The maximum Gasteiger partial charge on any atom is 0.228 e. The van der Waals surface area contributed by atoms with Gasteiger partial charge in [0.1, 0.15) is 5.82 Å². The molecule has 0 saturated heterocycles. The van der Waals surface area contributed by atoms with E-state index in [0.717, 1.165) is 23.2 Å². The van der Waals surface area contributed by atoms with Gasteiger partial charge in [0.25, 0.3) is 0 Å². The molecule has 0 aliphatic heterocycles. The minimum Gasteiger partial charge on any atom is -0.489 e. The summed E-state index contributed by atoms with van der Waals surface area (Å²) < 4.78 is 6.13. The van der Waals surface area contributed by atoms with Crippen molar-refractivity contribution < 1.29 is 9.53 Å². The van der Waals surface area contributed by atoms with E-state index >= 15 is 0 Å². The number of nitrogens with zero attached hydrogens (tertiary/aromatic N) is 3. The van der Waals surface area contributed by atoms with E-state index in [4.69, 9.17) is 4.74 Å². The number of aromatic nitrogens is 3. The van der Waals surface area contributed by atoms with Crippen LogP contribution in [0.4, 0.5) is 5.69 Å². The topological polar surface area (TPSA) is 77.0 Å². The number of hydrogen-bond acceptors (Lipinski definition) is 5. The van der Waals surface area contributed by atoms with Gasteiger partial charge in [0.05, 0.1) is 36.3 Å². The van der Waals surface area contributed by atoms with Gasteiger partial charge in [-0.2, -0.15) is 0 Å². The summed E-state index contributed by atoms with van der Waals surface area (Å²) in [5, 5.41) is 2.98. The van der Waals surface area contributed by atoms with Crippen LogP contribution in [-0.4, -0.2) is 27.5 Å². The van der Waals surface area contributed by atoms with E-state index in [1.54, 1.807) is 24.7 Å². The quantitative estimate of drug-likeness (QED) is 0.695. The van der Waals surface area contributed by atoms with Gasteiger partial charge in [-0.05, 0) is 44.9 Å². The highest BCUT2D eigenvalue weighted by Crippen LogP contribution is 2.55. The zero-order valence-electron chi connectivity index (χ0n) is 16.8. The Balaban J connectivity index is 1.57. The Morgan fingerprint density at radius 1 is 1.21 bits per heavy atom. The van der Waals surface area contributed by atoms with Crippen LogP contribution in [0, 0.1) is 26.7 Å². The summed E-state index contributed by atoms with van der Waals surface area (Å²) in [4.78, 5) is 25.6. The van der Waals surface area contributed by atoms with Gasteiger partial charge >= 0.3 is 0 Å². The lowest BCUT2D eigenvalue weighted by atomic mass is 9.92. The molecule has 0 bridgehead atoms. The van der Waals surface area contributed by atoms with Crippen LogP contribution in [0.3, 0.4) is 0 Å².